The van der Waals surface area contributed by atoms with Crippen LogP contribution in [-0.2, 0) is 0 Å². The van der Waals surface area contributed by atoms with Gasteiger partial charge in [0, 0.05) is 16.6 Å². The Morgan fingerprint density at radius 2 is 2.05 bits per heavy atom. The summed E-state index contributed by atoms with van der Waals surface area (Å²) in [4.78, 5) is 2.53. The molecule has 1 aromatic rings. The molecule has 2 aliphatic rings. The van der Waals surface area contributed by atoms with Crippen LogP contribution in [0.1, 0.15) is 44.2 Å². The standard InChI is InChI=1S/C17H24BrFN2/c1-12(15-5-4-14(19)11-16(15)18)21-9-6-13(7-10-21)17-3-2-8-20-17/h4-5,11-13,17,20H,2-3,6-10H2,1H3. The second-order valence-corrected chi connectivity index (χ2v) is 7.27. The summed E-state index contributed by atoms with van der Waals surface area (Å²) < 4.78 is 14.1. The Hall–Kier alpha value is -0.450. The molecule has 0 aliphatic carbocycles. The molecule has 1 N–H and O–H groups in total. The lowest BCUT2D eigenvalue weighted by Crippen LogP contribution is -2.41. The van der Waals surface area contributed by atoms with Crippen LogP contribution in [0.15, 0.2) is 22.7 Å². The number of likely N-dealkylation sites (tertiary alicyclic amines) is 1. The number of nitrogens with one attached hydrogen (secondary N) is 1. The molecule has 21 heavy (non-hydrogen) atoms. The van der Waals surface area contributed by atoms with E-state index in [0.29, 0.717) is 6.04 Å². The van der Waals surface area contributed by atoms with Crippen LogP contribution in [0.25, 0.3) is 0 Å². The third kappa shape index (κ3) is 3.49. The highest BCUT2D eigenvalue weighted by atomic mass is 79.9. The van der Waals surface area contributed by atoms with Crippen molar-refractivity contribution in [3.05, 3.63) is 34.1 Å². The van der Waals surface area contributed by atoms with E-state index in [0.717, 1.165) is 29.5 Å². The molecule has 0 bridgehead atoms. The van der Waals surface area contributed by atoms with Crippen molar-refractivity contribution in [2.45, 2.75) is 44.7 Å². The molecule has 4 heteroatoms. The van der Waals surface area contributed by atoms with E-state index in [-0.39, 0.29) is 5.82 Å². The Morgan fingerprint density at radius 1 is 1.29 bits per heavy atom. The SMILES string of the molecule is CC(c1ccc(F)cc1Br)N1CCC(C2CCCN2)CC1. The first-order valence-electron chi connectivity index (χ1n) is 8.07. The molecule has 0 saturated carbocycles. The average molecular weight is 355 g/mol. The van der Waals surface area contributed by atoms with Gasteiger partial charge in [-0.15, -0.1) is 0 Å². The molecule has 2 heterocycles. The number of rotatable bonds is 3. The van der Waals surface area contributed by atoms with Crippen LogP contribution in [0.2, 0.25) is 0 Å². The highest BCUT2D eigenvalue weighted by molar-refractivity contribution is 9.10. The third-order valence-electron chi connectivity index (χ3n) is 5.20. The molecular weight excluding hydrogens is 331 g/mol. The number of piperidine rings is 1. The van der Waals surface area contributed by atoms with Crippen LogP contribution in [0.3, 0.4) is 0 Å². The minimum absolute atomic E-state index is 0.177. The number of hydrogen-bond donors (Lipinski definition) is 1. The van der Waals surface area contributed by atoms with Gasteiger partial charge in [0.05, 0.1) is 0 Å². The first-order chi connectivity index (χ1) is 10.1. The topological polar surface area (TPSA) is 15.3 Å². The zero-order valence-corrected chi connectivity index (χ0v) is 14.2. The Labute approximate surface area is 135 Å². The first kappa shape index (κ1) is 15.4. The van der Waals surface area contributed by atoms with Crippen LogP contribution in [-0.4, -0.2) is 30.6 Å². The number of benzene rings is 1. The molecule has 2 atom stereocenters. The molecule has 0 radical (unpaired) electrons. The Kier molecular flexibility index (Phi) is 4.97. The van der Waals surface area contributed by atoms with Crippen molar-refractivity contribution < 1.29 is 4.39 Å². The van der Waals surface area contributed by atoms with E-state index in [1.165, 1.54) is 37.8 Å². The lowest BCUT2D eigenvalue weighted by atomic mass is 9.87. The number of halogens is 2. The van der Waals surface area contributed by atoms with E-state index in [2.05, 4.69) is 33.1 Å². The maximum Gasteiger partial charge on any atom is 0.124 e. The molecular formula is C17H24BrFN2. The highest BCUT2D eigenvalue weighted by Crippen LogP contribution is 2.33. The van der Waals surface area contributed by atoms with Crippen LogP contribution >= 0.6 is 15.9 Å². The molecule has 0 amide bonds. The van der Waals surface area contributed by atoms with Gasteiger partial charge in [-0.25, -0.2) is 4.39 Å². The van der Waals surface area contributed by atoms with Gasteiger partial charge in [0.2, 0.25) is 0 Å². The summed E-state index contributed by atoms with van der Waals surface area (Å²) in [6.07, 6.45) is 5.25. The van der Waals surface area contributed by atoms with Gasteiger partial charge in [-0.05, 0) is 75.9 Å². The van der Waals surface area contributed by atoms with Gasteiger partial charge in [-0.2, -0.15) is 0 Å². The lowest BCUT2D eigenvalue weighted by Gasteiger charge is -2.38. The van der Waals surface area contributed by atoms with Crippen molar-refractivity contribution in [2.75, 3.05) is 19.6 Å². The minimum atomic E-state index is -0.177. The highest BCUT2D eigenvalue weighted by Gasteiger charge is 2.30. The summed E-state index contributed by atoms with van der Waals surface area (Å²) in [6.45, 7) is 5.72. The van der Waals surface area contributed by atoms with Crippen molar-refractivity contribution >= 4 is 15.9 Å². The fraction of sp³-hybridized carbons (Fsp3) is 0.647. The van der Waals surface area contributed by atoms with Crippen molar-refractivity contribution in [3.63, 3.8) is 0 Å². The summed E-state index contributed by atoms with van der Waals surface area (Å²) in [6, 6.07) is 6.14. The lowest BCUT2D eigenvalue weighted by molar-refractivity contribution is 0.126. The zero-order chi connectivity index (χ0) is 14.8. The molecule has 2 nitrogen and oxygen atoms in total. The van der Waals surface area contributed by atoms with Crippen molar-refractivity contribution in [1.29, 1.82) is 0 Å². The second-order valence-electron chi connectivity index (χ2n) is 6.42. The van der Waals surface area contributed by atoms with E-state index < -0.39 is 0 Å². The fourth-order valence-corrected chi connectivity index (χ4v) is 4.54. The van der Waals surface area contributed by atoms with Gasteiger partial charge in [-0.3, -0.25) is 4.90 Å². The zero-order valence-electron chi connectivity index (χ0n) is 12.6. The quantitative estimate of drug-likeness (QED) is 0.878. The molecule has 116 valence electrons. The van der Waals surface area contributed by atoms with Crippen LogP contribution in [0.5, 0.6) is 0 Å². The number of hydrogen-bond acceptors (Lipinski definition) is 2. The van der Waals surface area contributed by atoms with Gasteiger partial charge in [0.25, 0.3) is 0 Å². The molecule has 0 aromatic heterocycles. The third-order valence-corrected chi connectivity index (χ3v) is 5.89. The van der Waals surface area contributed by atoms with Gasteiger partial charge in [0.1, 0.15) is 5.82 Å². The second kappa shape index (κ2) is 6.76. The summed E-state index contributed by atoms with van der Waals surface area (Å²) in [5.74, 6) is 0.663. The monoisotopic (exact) mass is 354 g/mol. The molecule has 3 rings (SSSR count). The van der Waals surface area contributed by atoms with E-state index in [4.69, 9.17) is 0 Å². The van der Waals surface area contributed by atoms with E-state index >= 15 is 0 Å². The molecule has 1 aromatic carbocycles. The summed E-state index contributed by atoms with van der Waals surface area (Å²) >= 11 is 3.50. The van der Waals surface area contributed by atoms with Gasteiger partial charge in [-0.1, -0.05) is 22.0 Å². The number of nitrogens with zero attached hydrogens (tertiary/aromatic N) is 1. The smallest absolute Gasteiger partial charge is 0.124 e. The Balaban J connectivity index is 1.60. The summed E-state index contributed by atoms with van der Waals surface area (Å²) in [7, 11) is 0. The first-order valence-corrected chi connectivity index (χ1v) is 8.87. The maximum atomic E-state index is 13.2. The largest absolute Gasteiger partial charge is 0.314 e. The van der Waals surface area contributed by atoms with Crippen LogP contribution in [0, 0.1) is 11.7 Å². The van der Waals surface area contributed by atoms with Crippen LogP contribution in [0.4, 0.5) is 4.39 Å². The van der Waals surface area contributed by atoms with E-state index in [1.54, 1.807) is 12.1 Å². The van der Waals surface area contributed by atoms with Crippen molar-refractivity contribution in [3.8, 4) is 0 Å². The molecule has 2 unspecified atom stereocenters. The Bertz CT molecular complexity index is 480. The van der Waals surface area contributed by atoms with E-state index in [1.807, 2.05) is 6.07 Å². The fourth-order valence-electron chi connectivity index (χ4n) is 3.86. The summed E-state index contributed by atoms with van der Waals surface area (Å²) in [5.41, 5.74) is 1.19. The van der Waals surface area contributed by atoms with Gasteiger partial charge >= 0.3 is 0 Å². The van der Waals surface area contributed by atoms with Gasteiger partial charge < -0.3 is 5.32 Å². The maximum absolute atomic E-state index is 13.2. The molecule has 2 saturated heterocycles. The average Bonchev–Trinajstić information content (AvgIpc) is 3.01. The normalized spacial score (nSPS) is 26.1. The predicted molar refractivity (Wildman–Crippen MR) is 87.8 cm³/mol. The molecule has 2 fully saturated rings. The predicted octanol–water partition coefficient (Wildman–Crippen LogP) is 4.11. The van der Waals surface area contributed by atoms with Crippen molar-refractivity contribution in [2.24, 2.45) is 5.92 Å². The molecule has 2 aliphatic heterocycles. The Morgan fingerprint density at radius 3 is 2.67 bits per heavy atom. The van der Waals surface area contributed by atoms with Crippen molar-refractivity contribution in [1.82, 2.24) is 10.2 Å². The van der Waals surface area contributed by atoms with Gasteiger partial charge in [0.15, 0.2) is 0 Å². The molecule has 0 spiro atoms. The van der Waals surface area contributed by atoms with Crippen LogP contribution < -0.4 is 5.32 Å². The minimum Gasteiger partial charge on any atom is -0.314 e. The summed E-state index contributed by atoms with van der Waals surface area (Å²) in [5, 5.41) is 3.65. The van der Waals surface area contributed by atoms with E-state index in [9.17, 15) is 4.39 Å².